The Hall–Kier alpha value is -1.33. The van der Waals surface area contributed by atoms with Gasteiger partial charge in [0, 0.05) is 6.20 Å². The molecule has 0 aliphatic heterocycles. The third kappa shape index (κ3) is 3.07. The Labute approximate surface area is 92.5 Å². The minimum Gasteiger partial charge on any atom is -0.474 e. The largest absolute Gasteiger partial charge is 0.474 e. The molecule has 6 heteroatoms. The van der Waals surface area contributed by atoms with Crippen LogP contribution in [0.15, 0.2) is 12.3 Å². The zero-order valence-corrected chi connectivity index (χ0v) is 9.21. The number of halogens is 1. The van der Waals surface area contributed by atoms with E-state index in [-0.39, 0.29) is 17.5 Å². The molecule has 0 aliphatic rings. The molecule has 3 N–H and O–H groups in total. The van der Waals surface area contributed by atoms with Gasteiger partial charge in [0.1, 0.15) is 5.56 Å². The summed E-state index contributed by atoms with van der Waals surface area (Å²) in [5.41, 5.74) is 2.23. The first-order chi connectivity index (χ1) is 7.04. The summed E-state index contributed by atoms with van der Waals surface area (Å²) in [5.74, 6) is 4.76. The predicted octanol–water partition coefficient (Wildman–Crippen LogP) is 1.13. The summed E-state index contributed by atoms with van der Waals surface area (Å²) in [5, 5.41) is 0.352. The topological polar surface area (TPSA) is 77.2 Å². The van der Waals surface area contributed by atoms with E-state index in [9.17, 15) is 4.79 Å². The van der Waals surface area contributed by atoms with Gasteiger partial charge in [0.2, 0.25) is 5.88 Å². The lowest BCUT2D eigenvalue weighted by atomic mass is 10.2. The number of carbonyl (C=O) groups excluding carboxylic acids is 1. The van der Waals surface area contributed by atoms with E-state index >= 15 is 0 Å². The van der Waals surface area contributed by atoms with Gasteiger partial charge in [-0.2, -0.15) is 0 Å². The second-order valence-electron chi connectivity index (χ2n) is 3.15. The van der Waals surface area contributed by atoms with E-state index in [0.717, 1.165) is 0 Å². The summed E-state index contributed by atoms with van der Waals surface area (Å²) in [6, 6.07) is 1.45. The third-order valence-corrected chi connectivity index (χ3v) is 1.75. The van der Waals surface area contributed by atoms with Crippen LogP contribution in [-0.4, -0.2) is 17.0 Å². The number of rotatable bonds is 3. The van der Waals surface area contributed by atoms with E-state index in [1.165, 1.54) is 12.3 Å². The second kappa shape index (κ2) is 4.95. The van der Waals surface area contributed by atoms with E-state index < -0.39 is 5.91 Å². The number of nitrogen functional groups attached to an aromatic ring is 1. The van der Waals surface area contributed by atoms with Gasteiger partial charge in [-0.3, -0.25) is 10.2 Å². The molecule has 82 valence electrons. The number of carbonyl (C=O) groups is 1. The van der Waals surface area contributed by atoms with Gasteiger partial charge in [-0.15, -0.1) is 0 Å². The number of pyridine rings is 1. The van der Waals surface area contributed by atoms with Gasteiger partial charge < -0.3 is 4.74 Å². The molecule has 1 aromatic heterocycles. The lowest BCUT2D eigenvalue weighted by molar-refractivity contribution is 0.0946. The molecule has 5 nitrogen and oxygen atoms in total. The van der Waals surface area contributed by atoms with Crippen LogP contribution < -0.4 is 16.0 Å². The van der Waals surface area contributed by atoms with Gasteiger partial charge >= 0.3 is 0 Å². The number of hydrogen-bond acceptors (Lipinski definition) is 4. The standard InChI is InChI=1S/C9H12ClN3O2/c1-5(2)15-9-7(8(14)13-11)3-6(10)4-12-9/h3-5H,11H2,1-2H3,(H,13,14). The first-order valence-corrected chi connectivity index (χ1v) is 4.75. The van der Waals surface area contributed by atoms with Gasteiger partial charge in [-0.1, -0.05) is 11.6 Å². The summed E-state index contributed by atoms with van der Waals surface area (Å²) >= 11 is 5.72. The molecule has 1 aromatic rings. The van der Waals surface area contributed by atoms with Crippen LogP contribution in [0.1, 0.15) is 24.2 Å². The highest BCUT2D eigenvalue weighted by molar-refractivity contribution is 6.30. The number of nitrogens with zero attached hydrogens (tertiary/aromatic N) is 1. The maximum Gasteiger partial charge on any atom is 0.270 e. The molecule has 0 bridgehead atoms. The first kappa shape index (κ1) is 11.7. The van der Waals surface area contributed by atoms with E-state index in [4.69, 9.17) is 22.2 Å². The van der Waals surface area contributed by atoms with Gasteiger partial charge in [0.15, 0.2) is 0 Å². The minimum absolute atomic E-state index is 0.0806. The molecule has 0 fully saturated rings. The van der Waals surface area contributed by atoms with Crippen molar-refractivity contribution < 1.29 is 9.53 Å². The zero-order chi connectivity index (χ0) is 11.4. The van der Waals surface area contributed by atoms with Crippen molar-refractivity contribution in [3.05, 3.63) is 22.8 Å². The van der Waals surface area contributed by atoms with E-state index in [2.05, 4.69) is 4.98 Å². The fraction of sp³-hybridized carbons (Fsp3) is 0.333. The number of hydrazine groups is 1. The molecule has 1 rings (SSSR count). The molecule has 0 aromatic carbocycles. The average Bonchev–Trinajstić information content (AvgIpc) is 2.19. The van der Waals surface area contributed by atoms with E-state index in [1.807, 2.05) is 19.3 Å². The number of aromatic nitrogens is 1. The molecule has 15 heavy (non-hydrogen) atoms. The van der Waals surface area contributed by atoms with E-state index in [0.29, 0.717) is 5.02 Å². The number of nitrogens with one attached hydrogen (secondary N) is 1. The van der Waals surface area contributed by atoms with Crippen molar-refractivity contribution in [1.29, 1.82) is 0 Å². The van der Waals surface area contributed by atoms with Crippen molar-refractivity contribution in [3.8, 4) is 5.88 Å². The summed E-state index contributed by atoms with van der Waals surface area (Å²) in [7, 11) is 0. The van der Waals surface area contributed by atoms with Crippen LogP contribution in [0.5, 0.6) is 5.88 Å². The van der Waals surface area contributed by atoms with Crippen LogP contribution in [-0.2, 0) is 0 Å². The van der Waals surface area contributed by atoms with Crippen molar-refractivity contribution in [2.45, 2.75) is 20.0 Å². The Morgan fingerprint density at radius 2 is 2.33 bits per heavy atom. The molecule has 0 unspecified atom stereocenters. The smallest absolute Gasteiger partial charge is 0.270 e. The fourth-order valence-electron chi connectivity index (χ4n) is 0.984. The van der Waals surface area contributed by atoms with Gasteiger partial charge in [0.05, 0.1) is 11.1 Å². The lowest BCUT2D eigenvalue weighted by Crippen LogP contribution is -2.30. The van der Waals surface area contributed by atoms with E-state index in [1.54, 1.807) is 0 Å². The summed E-state index contributed by atoms with van der Waals surface area (Å²) in [6.07, 6.45) is 1.33. The molecular weight excluding hydrogens is 218 g/mol. The minimum atomic E-state index is -0.486. The molecule has 0 saturated carbocycles. The van der Waals surface area contributed by atoms with Crippen molar-refractivity contribution in [2.75, 3.05) is 0 Å². The highest BCUT2D eigenvalue weighted by atomic mass is 35.5. The number of nitrogens with two attached hydrogens (primary N) is 1. The Morgan fingerprint density at radius 1 is 1.67 bits per heavy atom. The Kier molecular flexibility index (Phi) is 3.88. The molecule has 0 spiro atoms. The Morgan fingerprint density at radius 3 is 2.87 bits per heavy atom. The SMILES string of the molecule is CC(C)Oc1ncc(Cl)cc1C(=O)NN. The Bertz CT molecular complexity index is 368. The van der Waals surface area contributed by atoms with Gasteiger partial charge in [-0.05, 0) is 19.9 Å². The first-order valence-electron chi connectivity index (χ1n) is 4.37. The monoisotopic (exact) mass is 229 g/mol. The molecule has 1 heterocycles. The van der Waals surface area contributed by atoms with Crippen LogP contribution in [0.25, 0.3) is 0 Å². The lowest BCUT2D eigenvalue weighted by Gasteiger charge is -2.11. The van der Waals surface area contributed by atoms with Crippen LogP contribution in [0.2, 0.25) is 5.02 Å². The quantitative estimate of drug-likeness (QED) is 0.463. The van der Waals surface area contributed by atoms with Crippen molar-refractivity contribution in [3.63, 3.8) is 0 Å². The van der Waals surface area contributed by atoms with Crippen LogP contribution in [0.3, 0.4) is 0 Å². The molecule has 0 saturated heterocycles. The fourth-order valence-corrected chi connectivity index (χ4v) is 1.14. The Balaban J connectivity index is 3.08. The number of ether oxygens (including phenoxy) is 1. The zero-order valence-electron chi connectivity index (χ0n) is 8.45. The van der Waals surface area contributed by atoms with Crippen molar-refractivity contribution in [1.82, 2.24) is 10.4 Å². The second-order valence-corrected chi connectivity index (χ2v) is 3.58. The van der Waals surface area contributed by atoms with Gasteiger partial charge in [0.25, 0.3) is 5.91 Å². The van der Waals surface area contributed by atoms with Crippen molar-refractivity contribution >= 4 is 17.5 Å². The molecule has 0 aliphatic carbocycles. The molecule has 1 amide bonds. The highest BCUT2D eigenvalue weighted by Gasteiger charge is 2.14. The summed E-state index contributed by atoms with van der Waals surface area (Å²) in [6.45, 7) is 3.67. The molecule has 0 atom stereocenters. The predicted molar refractivity (Wildman–Crippen MR) is 56.7 cm³/mol. The number of hydrogen-bond donors (Lipinski definition) is 2. The van der Waals surface area contributed by atoms with Gasteiger partial charge in [-0.25, -0.2) is 10.8 Å². The summed E-state index contributed by atoms with van der Waals surface area (Å²) in [4.78, 5) is 15.3. The number of amides is 1. The average molecular weight is 230 g/mol. The normalized spacial score (nSPS) is 10.2. The maximum atomic E-state index is 11.4. The third-order valence-electron chi connectivity index (χ3n) is 1.54. The van der Waals surface area contributed by atoms with Crippen LogP contribution >= 0.6 is 11.6 Å². The van der Waals surface area contributed by atoms with Crippen molar-refractivity contribution in [2.24, 2.45) is 5.84 Å². The van der Waals surface area contributed by atoms with Crippen LogP contribution in [0, 0.1) is 0 Å². The van der Waals surface area contributed by atoms with Crippen LogP contribution in [0.4, 0.5) is 0 Å². The summed E-state index contributed by atoms with van der Waals surface area (Å²) < 4.78 is 5.34. The highest BCUT2D eigenvalue weighted by Crippen LogP contribution is 2.20. The molecular formula is C9H12ClN3O2. The maximum absolute atomic E-state index is 11.4. The molecule has 0 radical (unpaired) electrons.